The van der Waals surface area contributed by atoms with E-state index in [1.165, 1.54) is 23.0 Å². The van der Waals surface area contributed by atoms with Gasteiger partial charge in [-0.2, -0.15) is 0 Å². The van der Waals surface area contributed by atoms with Crippen LogP contribution in [0.2, 0.25) is 0 Å². The molecule has 0 fully saturated rings. The molecule has 0 atom stereocenters. The van der Waals surface area contributed by atoms with E-state index in [-0.39, 0.29) is 11.5 Å². The number of hydrogen-bond acceptors (Lipinski definition) is 4. The lowest BCUT2D eigenvalue weighted by molar-refractivity contribution is 0.0735. The Morgan fingerprint density at radius 1 is 1.19 bits per heavy atom. The first-order chi connectivity index (χ1) is 13.0. The molecule has 2 aromatic carbocycles. The third-order valence-electron chi connectivity index (χ3n) is 4.96. The zero-order valence-corrected chi connectivity index (χ0v) is 15.5. The van der Waals surface area contributed by atoms with Crippen molar-refractivity contribution in [3.8, 4) is 0 Å². The van der Waals surface area contributed by atoms with Crippen molar-refractivity contribution in [1.82, 2.24) is 19.8 Å². The lowest BCUT2D eigenvalue weighted by Crippen LogP contribution is -2.36. The van der Waals surface area contributed by atoms with Crippen molar-refractivity contribution in [2.75, 3.05) is 20.6 Å². The average molecular weight is 362 g/mol. The lowest BCUT2D eigenvalue weighted by Gasteiger charge is -2.29. The topological polar surface area (TPSA) is 69.3 Å². The van der Waals surface area contributed by atoms with Crippen molar-refractivity contribution in [1.29, 1.82) is 0 Å². The number of hydrogen-bond donors (Lipinski definition) is 1. The predicted octanol–water partition coefficient (Wildman–Crippen LogP) is 2.18. The molecule has 1 amide bonds. The second-order valence-corrected chi connectivity index (χ2v) is 7.28. The number of nitrogens with one attached hydrogen (secondary N) is 1. The van der Waals surface area contributed by atoms with Crippen LogP contribution in [0.1, 0.15) is 27.0 Å². The number of carbonyl (C=O) groups is 1. The molecule has 0 saturated heterocycles. The summed E-state index contributed by atoms with van der Waals surface area (Å²) < 4.78 is 0. The standard InChI is InChI=1S/C21H22N4O2/c1-24(2)11-14-3-4-17-12-25(8-7-15(17)9-14)21(27)16-5-6-18-19(10-16)22-13-23-20(18)26/h3-6,9-10,13H,7-8,11-12H2,1-2H3,(H,22,23,26). The number of carbonyl (C=O) groups excluding carboxylic acids is 1. The highest BCUT2D eigenvalue weighted by Gasteiger charge is 2.22. The monoisotopic (exact) mass is 362 g/mol. The number of amides is 1. The highest BCUT2D eigenvalue weighted by Crippen LogP contribution is 2.23. The Morgan fingerprint density at radius 3 is 2.85 bits per heavy atom. The minimum Gasteiger partial charge on any atom is -0.334 e. The summed E-state index contributed by atoms with van der Waals surface area (Å²) in [6.07, 6.45) is 2.22. The van der Waals surface area contributed by atoms with Gasteiger partial charge in [0.1, 0.15) is 0 Å². The smallest absolute Gasteiger partial charge is 0.258 e. The van der Waals surface area contributed by atoms with Crippen LogP contribution in [-0.4, -0.2) is 46.3 Å². The zero-order valence-electron chi connectivity index (χ0n) is 15.5. The highest BCUT2D eigenvalue weighted by molar-refractivity contribution is 5.97. The van der Waals surface area contributed by atoms with Crippen molar-refractivity contribution in [2.45, 2.75) is 19.5 Å². The Hall–Kier alpha value is -2.99. The Morgan fingerprint density at radius 2 is 2.04 bits per heavy atom. The molecule has 2 heterocycles. The van der Waals surface area contributed by atoms with Gasteiger partial charge in [-0.3, -0.25) is 9.59 Å². The van der Waals surface area contributed by atoms with E-state index in [9.17, 15) is 9.59 Å². The van der Waals surface area contributed by atoms with Gasteiger partial charge in [-0.1, -0.05) is 18.2 Å². The van der Waals surface area contributed by atoms with Crippen LogP contribution in [0.15, 0.2) is 47.5 Å². The lowest BCUT2D eigenvalue weighted by atomic mass is 9.96. The molecule has 27 heavy (non-hydrogen) atoms. The molecule has 0 spiro atoms. The first kappa shape index (κ1) is 17.4. The van der Waals surface area contributed by atoms with E-state index < -0.39 is 0 Å². The first-order valence-corrected chi connectivity index (χ1v) is 9.03. The molecule has 1 aliphatic heterocycles. The summed E-state index contributed by atoms with van der Waals surface area (Å²) in [7, 11) is 4.12. The molecule has 0 saturated carbocycles. The summed E-state index contributed by atoms with van der Waals surface area (Å²) in [5.41, 5.74) is 4.73. The number of H-pyrrole nitrogens is 1. The van der Waals surface area contributed by atoms with Crippen molar-refractivity contribution in [3.05, 3.63) is 75.3 Å². The largest absolute Gasteiger partial charge is 0.334 e. The van der Waals surface area contributed by atoms with Crippen LogP contribution in [-0.2, 0) is 19.5 Å². The number of aromatic amines is 1. The predicted molar refractivity (Wildman–Crippen MR) is 105 cm³/mol. The maximum absolute atomic E-state index is 13.0. The summed E-state index contributed by atoms with van der Waals surface area (Å²) in [6.45, 7) is 2.22. The summed E-state index contributed by atoms with van der Waals surface area (Å²) >= 11 is 0. The summed E-state index contributed by atoms with van der Waals surface area (Å²) in [4.78, 5) is 35.5. The molecule has 4 rings (SSSR count). The maximum atomic E-state index is 13.0. The van der Waals surface area contributed by atoms with Crippen LogP contribution in [0.3, 0.4) is 0 Å². The van der Waals surface area contributed by atoms with Gasteiger partial charge in [0.05, 0.1) is 17.2 Å². The van der Waals surface area contributed by atoms with Gasteiger partial charge in [0.2, 0.25) is 0 Å². The zero-order chi connectivity index (χ0) is 19.0. The number of aromatic nitrogens is 2. The average Bonchev–Trinajstić information content (AvgIpc) is 2.66. The normalized spacial score (nSPS) is 13.8. The summed E-state index contributed by atoms with van der Waals surface area (Å²) in [6, 6.07) is 11.6. The van der Waals surface area contributed by atoms with E-state index in [1.54, 1.807) is 18.2 Å². The van der Waals surface area contributed by atoms with E-state index in [0.717, 1.165) is 13.0 Å². The maximum Gasteiger partial charge on any atom is 0.258 e. The molecule has 1 aliphatic rings. The van der Waals surface area contributed by atoms with E-state index in [0.29, 0.717) is 29.6 Å². The minimum atomic E-state index is -0.195. The van der Waals surface area contributed by atoms with Crippen LogP contribution < -0.4 is 5.56 Å². The number of rotatable bonds is 3. The molecule has 0 bridgehead atoms. The molecule has 1 N–H and O–H groups in total. The quantitative estimate of drug-likeness (QED) is 0.775. The third-order valence-corrected chi connectivity index (χ3v) is 4.96. The van der Waals surface area contributed by atoms with E-state index in [4.69, 9.17) is 0 Å². The number of nitrogens with zero attached hydrogens (tertiary/aromatic N) is 3. The molecule has 0 radical (unpaired) electrons. The van der Waals surface area contributed by atoms with Crippen LogP contribution >= 0.6 is 0 Å². The second kappa shape index (κ2) is 6.96. The fraction of sp³-hybridized carbons (Fsp3) is 0.286. The van der Waals surface area contributed by atoms with E-state index in [1.807, 2.05) is 4.90 Å². The Kier molecular flexibility index (Phi) is 4.49. The van der Waals surface area contributed by atoms with Crippen LogP contribution in [0.25, 0.3) is 10.9 Å². The molecule has 0 unspecified atom stereocenters. The Labute approximate surface area is 157 Å². The summed E-state index contributed by atoms with van der Waals surface area (Å²) in [5.74, 6) is -0.0259. The molecule has 138 valence electrons. The van der Waals surface area contributed by atoms with Crippen molar-refractivity contribution < 1.29 is 4.79 Å². The van der Waals surface area contributed by atoms with E-state index in [2.05, 4.69) is 47.2 Å². The minimum absolute atomic E-state index is 0.0259. The van der Waals surface area contributed by atoms with Crippen LogP contribution in [0.5, 0.6) is 0 Å². The van der Waals surface area contributed by atoms with Gasteiger partial charge in [-0.25, -0.2) is 4.98 Å². The molecule has 6 heteroatoms. The first-order valence-electron chi connectivity index (χ1n) is 9.03. The molecule has 0 aliphatic carbocycles. The second-order valence-electron chi connectivity index (χ2n) is 7.28. The Balaban J connectivity index is 1.56. The van der Waals surface area contributed by atoms with Gasteiger partial charge < -0.3 is 14.8 Å². The van der Waals surface area contributed by atoms with Gasteiger partial charge >= 0.3 is 0 Å². The van der Waals surface area contributed by atoms with Crippen molar-refractivity contribution in [3.63, 3.8) is 0 Å². The van der Waals surface area contributed by atoms with E-state index >= 15 is 0 Å². The van der Waals surface area contributed by atoms with Gasteiger partial charge in [0.25, 0.3) is 11.5 Å². The van der Waals surface area contributed by atoms with Crippen LogP contribution in [0.4, 0.5) is 0 Å². The van der Waals surface area contributed by atoms with Gasteiger partial charge in [0, 0.05) is 25.2 Å². The van der Waals surface area contributed by atoms with Gasteiger partial charge in [0.15, 0.2) is 0 Å². The highest BCUT2D eigenvalue weighted by atomic mass is 16.2. The summed E-state index contributed by atoms with van der Waals surface area (Å²) in [5, 5.41) is 0.492. The van der Waals surface area contributed by atoms with Crippen molar-refractivity contribution in [2.24, 2.45) is 0 Å². The van der Waals surface area contributed by atoms with Gasteiger partial charge in [-0.05, 0) is 55.4 Å². The van der Waals surface area contributed by atoms with Gasteiger partial charge in [-0.15, -0.1) is 0 Å². The van der Waals surface area contributed by atoms with Crippen LogP contribution in [0, 0.1) is 0 Å². The molecular formula is C21H22N4O2. The fourth-order valence-corrected chi connectivity index (χ4v) is 3.63. The molecule has 1 aromatic heterocycles. The number of fused-ring (bicyclic) bond motifs is 2. The van der Waals surface area contributed by atoms with Crippen molar-refractivity contribution >= 4 is 16.8 Å². The SMILES string of the molecule is CN(C)Cc1ccc2c(c1)CCN(C(=O)c1ccc3c(=O)[nH]cnc3c1)C2. The third kappa shape index (κ3) is 3.48. The number of benzene rings is 2. The fourth-order valence-electron chi connectivity index (χ4n) is 3.63. The Bertz CT molecular complexity index is 1070. The molecule has 6 nitrogen and oxygen atoms in total. The molecule has 3 aromatic rings. The molecular weight excluding hydrogens is 340 g/mol.